The molecule has 85 valence electrons. The van der Waals surface area contributed by atoms with Crippen LogP contribution < -0.4 is 0 Å². The van der Waals surface area contributed by atoms with E-state index in [1.807, 2.05) is 0 Å². The molecular formula is C9H20KO4Si. The predicted molar refractivity (Wildman–Crippen MR) is 61.6 cm³/mol. The molecule has 0 aliphatic rings. The summed E-state index contributed by atoms with van der Waals surface area (Å²) in [6, 6.07) is 0. The molecule has 0 fully saturated rings. The molecule has 1 radical (unpaired) electrons. The van der Waals surface area contributed by atoms with Crippen molar-refractivity contribution in [3.8, 4) is 0 Å². The second kappa shape index (κ2) is 10.4. The minimum Gasteiger partial charge on any atom is -0.473 e. The van der Waals surface area contributed by atoms with Crippen LogP contribution in [0.1, 0.15) is 32.6 Å². The molecule has 0 saturated heterocycles. The van der Waals surface area contributed by atoms with Gasteiger partial charge in [-0.1, -0.05) is 19.8 Å². The molecule has 0 bridgehead atoms. The van der Waals surface area contributed by atoms with Crippen LogP contribution in [0.25, 0.3) is 0 Å². The second-order valence-corrected chi connectivity index (χ2v) is 5.95. The molecular weight excluding hydrogens is 239 g/mol. The monoisotopic (exact) mass is 259 g/mol. The van der Waals surface area contributed by atoms with E-state index in [1.54, 1.807) is 6.55 Å². The van der Waals surface area contributed by atoms with Gasteiger partial charge in [0.15, 0.2) is 0 Å². The van der Waals surface area contributed by atoms with Crippen LogP contribution in [0.15, 0.2) is 0 Å². The quantitative estimate of drug-likeness (QED) is 0.514. The Hall–Kier alpha value is 1.24. The van der Waals surface area contributed by atoms with Crippen molar-refractivity contribution in [2.24, 2.45) is 0 Å². The predicted octanol–water partition coefficient (Wildman–Crippen LogP) is 1.59. The first kappa shape index (κ1) is 18.6. The summed E-state index contributed by atoms with van der Waals surface area (Å²) in [6.45, 7) is 3.79. The second-order valence-electron chi connectivity index (χ2n) is 3.20. The van der Waals surface area contributed by atoms with Gasteiger partial charge in [-0.2, -0.15) is 0 Å². The average Bonchev–Trinajstić information content (AvgIpc) is 2.18. The zero-order chi connectivity index (χ0) is 11.0. The molecule has 6 heteroatoms. The Bertz CT molecular complexity index is 173. The maximum absolute atomic E-state index is 11.3. The molecule has 0 aliphatic heterocycles. The first-order chi connectivity index (χ1) is 6.58. The van der Waals surface area contributed by atoms with Crippen molar-refractivity contribution in [3.05, 3.63) is 0 Å². The first-order valence-corrected chi connectivity index (χ1v) is 7.12. The van der Waals surface area contributed by atoms with E-state index < -0.39 is 8.80 Å². The molecule has 0 amide bonds. The summed E-state index contributed by atoms with van der Waals surface area (Å²) in [5, 5.41) is 0. The molecule has 0 aromatic rings. The van der Waals surface area contributed by atoms with Crippen LogP contribution in [-0.4, -0.2) is 80.4 Å². The normalized spacial score (nSPS) is 10.7. The molecule has 0 unspecified atom stereocenters. The summed E-state index contributed by atoms with van der Waals surface area (Å²) in [4.78, 5) is 11.3. The molecule has 0 spiro atoms. The Morgan fingerprint density at radius 2 is 1.73 bits per heavy atom. The van der Waals surface area contributed by atoms with Gasteiger partial charge in [0.25, 0.3) is 5.97 Å². The van der Waals surface area contributed by atoms with E-state index in [0.29, 0.717) is 6.42 Å². The van der Waals surface area contributed by atoms with Gasteiger partial charge in [0.2, 0.25) is 0 Å². The van der Waals surface area contributed by atoms with Gasteiger partial charge in [0.1, 0.15) is 0 Å². The number of carbonyl (C=O) groups excluding carboxylic acids is 1. The third-order valence-electron chi connectivity index (χ3n) is 2.03. The maximum Gasteiger partial charge on any atom is 0.564 e. The molecule has 0 aromatic carbocycles. The molecule has 0 aliphatic carbocycles. The Morgan fingerprint density at radius 1 is 1.20 bits per heavy atom. The summed E-state index contributed by atoms with van der Waals surface area (Å²) in [6.07, 6.45) is 3.46. The number of hydrogen-bond acceptors (Lipinski definition) is 4. The minimum atomic E-state index is -2.67. The van der Waals surface area contributed by atoms with Crippen molar-refractivity contribution < 1.29 is 18.1 Å². The number of unbranched alkanes of at least 4 members (excludes halogenated alkanes) is 2. The largest absolute Gasteiger partial charge is 0.564 e. The fraction of sp³-hybridized carbons (Fsp3) is 0.889. The van der Waals surface area contributed by atoms with E-state index in [4.69, 9.17) is 13.3 Å². The summed E-state index contributed by atoms with van der Waals surface area (Å²) >= 11 is 0. The third-order valence-corrected chi connectivity index (χ3v) is 4.11. The van der Waals surface area contributed by atoms with Gasteiger partial charge < -0.3 is 13.3 Å². The first-order valence-electron chi connectivity index (χ1n) is 4.90. The SMILES string of the molecule is CCCCCC(=O)O[Si](C)(OC)OC.[K]. The summed E-state index contributed by atoms with van der Waals surface area (Å²) < 4.78 is 15.2. The molecule has 15 heavy (non-hydrogen) atoms. The topological polar surface area (TPSA) is 44.8 Å². The molecule has 0 rings (SSSR count). The van der Waals surface area contributed by atoms with Gasteiger partial charge >= 0.3 is 8.80 Å². The third kappa shape index (κ3) is 8.99. The van der Waals surface area contributed by atoms with Crippen LogP contribution in [0.4, 0.5) is 0 Å². The summed E-state index contributed by atoms with van der Waals surface area (Å²) in [5.74, 6) is -0.226. The molecule has 0 N–H and O–H groups in total. The van der Waals surface area contributed by atoms with Gasteiger partial charge in [-0.05, 0) is 6.42 Å². The van der Waals surface area contributed by atoms with Crippen LogP contribution in [0.3, 0.4) is 0 Å². The van der Waals surface area contributed by atoms with Crippen molar-refractivity contribution in [1.82, 2.24) is 0 Å². The average molecular weight is 259 g/mol. The molecule has 4 nitrogen and oxygen atoms in total. The standard InChI is InChI=1S/C9H20O4Si.K/c1-5-6-7-8-9(10)13-14(4,11-2)12-3;/h5-8H2,1-4H3;. The van der Waals surface area contributed by atoms with E-state index in [0.717, 1.165) is 19.3 Å². The zero-order valence-corrected chi connectivity index (χ0v) is 14.6. The van der Waals surface area contributed by atoms with Crippen molar-refractivity contribution in [1.29, 1.82) is 0 Å². The zero-order valence-electron chi connectivity index (χ0n) is 10.5. The molecule has 0 atom stereocenters. The van der Waals surface area contributed by atoms with E-state index in [1.165, 1.54) is 14.2 Å². The Morgan fingerprint density at radius 3 is 2.13 bits per heavy atom. The molecule has 0 aromatic heterocycles. The number of rotatable bonds is 7. The van der Waals surface area contributed by atoms with Crippen LogP contribution in [-0.2, 0) is 18.1 Å². The minimum absolute atomic E-state index is 0. The van der Waals surface area contributed by atoms with Crippen LogP contribution >= 0.6 is 0 Å². The fourth-order valence-corrected chi connectivity index (χ4v) is 1.79. The summed E-state index contributed by atoms with van der Waals surface area (Å²) in [5.41, 5.74) is 0. The number of hydrogen-bond donors (Lipinski definition) is 0. The van der Waals surface area contributed by atoms with Crippen molar-refractivity contribution in [3.63, 3.8) is 0 Å². The van der Waals surface area contributed by atoms with Gasteiger partial charge in [0.05, 0.1) is 0 Å². The van der Waals surface area contributed by atoms with Gasteiger partial charge in [-0.15, -0.1) is 0 Å². The van der Waals surface area contributed by atoms with E-state index in [2.05, 4.69) is 6.92 Å². The number of carbonyl (C=O) groups is 1. The van der Waals surface area contributed by atoms with E-state index in [9.17, 15) is 4.79 Å². The summed E-state index contributed by atoms with van der Waals surface area (Å²) in [7, 11) is 0.320. The molecule has 0 saturated carbocycles. The van der Waals surface area contributed by atoms with Crippen LogP contribution in [0.5, 0.6) is 0 Å². The van der Waals surface area contributed by atoms with Gasteiger partial charge in [-0.25, -0.2) is 0 Å². The van der Waals surface area contributed by atoms with Gasteiger partial charge in [-0.3, -0.25) is 4.79 Å². The maximum atomic E-state index is 11.3. The fourth-order valence-electron chi connectivity index (χ4n) is 0.944. The van der Waals surface area contributed by atoms with Crippen molar-refractivity contribution in [2.45, 2.75) is 39.2 Å². The van der Waals surface area contributed by atoms with Crippen molar-refractivity contribution in [2.75, 3.05) is 14.2 Å². The van der Waals surface area contributed by atoms with E-state index >= 15 is 0 Å². The van der Waals surface area contributed by atoms with Crippen LogP contribution in [0.2, 0.25) is 6.55 Å². The van der Waals surface area contributed by atoms with Crippen LogP contribution in [0, 0.1) is 0 Å². The Kier molecular flexibility index (Phi) is 12.9. The molecule has 0 heterocycles. The Labute approximate surface area is 136 Å². The van der Waals surface area contributed by atoms with Crippen molar-refractivity contribution >= 4 is 66.2 Å². The van der Waals surface area contributed by atoms with E-state index in [-0.39, 0.29) is 57.4 Å². The smallest absolute Gasteiger partial charge is 0.473 e. The Balaban J connectivity index is 0. The van der Waals surface area contributed by atoms with Gasteiger partial charge in [0, 0.05) is 78.6 Å².